The third-order valence-electron chi connectivity index (χ3n) is 4.16. The van der Waals surface area contributed by atoms with Crippen LogP contribution in [0.4, 0.5) is 23.1 Å². The van der Waals surface area contributed by atoms with Crippen molar-refractivity contribution in [1.82, 2.24) is 9.97 Å². The number of Topliss-reactive ketones (excluding diaryl/α,β-unsaturated/α-hetero) is 1. The highest BCUT2D eigenvalue weighted by Gasteiger charge is 2.06. The van der Waals surface area contributed by atoms with Crippen LogP contribution in [0.2, 0.25) is 0 Å². The monoisotopic (exact) mass is 346 g/mol. The van der Waals surface area contributed by atoms with Crippen molar-refractivity contribution in [3.05, 3.63) is 70.9 Å². The van der Waals surface area contributed by atoms with E-state index in [9.17, 15) is 4.79 Å². The molecule has 1 heterocycles. The summed E-state index contributed by atoms with van der Waals surface area (Å²) in [5, 5.41) is 6.50. The average Bonchev–Trinajstić information content (AvgIpc) is 2.58. The molecule has 0 atom stereocenters. The fraction of sp³-hybridized carbons (Fsp3) is 0.190. The van der Waals surface area contributed by atoms with Crippen molar-refractivity contribution in [2.75, 3.05) is 10.6 Å². The number of anilines is 4. The van der Waals surface area contributed by atoms with Gasteiger partial charge in [0.1, 0.15) is 5.82 Å². The maximum Gasteiger partial charge on any atom is 0.229 e. The first-order valence-corrected chi connectivity index (χ1v) is 8.49. The topological polar surface area (TPSA) is 66.9 Å². The molecule has 0 bridgehead atoms. The Bertz CT molecular complexity index is 966. The molecule has 0 aliphatic carbocycles. The van der Waals surface area contributed by atoms with Crippen LogP contribution in [-0.2, 0) is 0 Å². The Morgan fingerprint density at radius 3 is 2.35 bits per heavy atom. The highest BCUT2D eigenvalue weighted by Crippen LogP contribution is 2.21. The van der Waals surface area contributed by atoms with Crippen LogP contribution in [0.15, 0.2) is 48.5 Å². The van der Waals surface area contributed by atoms with E-state index >= 15 is 0 Å². The summed E-state index contributed by atoms with van der Waals surface area (Å²) in [6, 6.07) is 15.4. The summed E-state index contributed by atoms with van der Waals surface area (Å²) < 4.78 is 0. The molecular formula is C21H22N4O. The number of aromatic nitrogens is 2. The zero-order valence-electron chi connectivity index (χ0n) is 15.4. The molecule has 0 spiro atoms. The van der Waals surface area contributed by atoms with Crippen LogP contribution in [0, 0.1) is 20.8 Å². The smallest absolute Gasteiger partial charge is 0.229 e. The van der Waals surface area contributed by atoms with Gasteiger partial charge in [0.25, 0.3) is 0 Å². The lowest BCUT2D eigenvalue weighted by Gasteiger charge is -2.11. The molecule has 0 unspecified atom stereocenters. The lowest BCUT2D eigenvalue weighted by Crippen LogP contribution is -2.03. The van der Waals surface area contributed by atoms with E-state index in [1.165, 1.54) is 11.1 Å². The summed E-state index contributed by atoms with van der Waals surface area (Å²) in [5.74, 6) is 1.22. The van der Waals surface area contributed by atoms with E-state index in [2.05, 4.69) is 46.6 Å². The van der Waals surface area contributed by atoms with Gasteiger partial charge in [-0.25, -0.2) is 4.98 Å². The molecule has 0 saturated carbocycles. The van der Waals surface area contributed by atoms with E-state index in [4.69, 9.17) is 0 Å². The van der Waals surface area contributed by atoms with E-state index in [0.717, 1.165) is 17.1 Å². The van der Waals surface area contributed by atoms with Gasteiger partial charge in [-0.1, -0.05) is 18.2 Å². The Morgan fingerprint density at radius 1 is 0.846 bits per heavy atom. The van der Waals surface area contributed by atoms with E-state index < -0.39 is 0 Å². The Morgan fingerprint density at radius 2 is 1.62 bits per heavy atom. The van der Waals surface area contributed by atoms with Gasteiger partial charge in [0, 0.05) is 28.7 Å². The molecule has 0 fully saturated rings. The Kier molecular flexibility index (Phi) is 4.98. The third kappa shape index (κ3) is 4.25. The van der Waals surface area contributed by atoms with Crippen LogP contribution in [-0.4, -0.2) is 15.8 Å². The van der Waals surface area contributed by atoms with Gasteiger partial charge in [-0.05, 0) is 63.1 Å². The molecule has 5 nitrogen and oxygen atoms in total. The molecule has 26 heavy (non-hydrogen) atoms. The third-order valence-corrected chi connectivity index (χ3v) is 4.16. The molecule has 5 heteroatoms. The zero-order chi connectivity index (χ0) is 18.7. The van der Waals surface area contributed by atoms with Gasteiger partial charge in [0.15, 0.2) is 5.78 Å². The molecular weight excluding hydrogens is 324 g/mol. The number of rotatable bonds is 5. The van der Waals surface area contributed by atoms with Crippen LogP contribution in [0.25, 0.3) is 0 Å². The van der Waals surface area contributed by atoms with Crippen LogP contribution in [0.3, 0.4) is 0 Å². The van der Waals surface area contributed by atoms with Crippen molar-refractivity contribution in [1.29, 1.82) is 0 Å². The molecule has 2 aromatic carbocycles. The number of hydrogen-bond donors (Lipinski definition) is 2. The zero-order valence-corrected chi connectivity index (χ0v) is 15.4. The number of benzene rings is 2. The minimum absolute atomic E-state index is 0.0240. The predicted octanol–water partition coefficient (Wildman–Crippen LogP) is 5.09. The minimum atomic E-state index is 0.0240. The molecule has 3 rings (SSSR count). The second-order valence-electron chi connectivity index (χ2n) is 6.40. The number of ketones is 1. The van der Waals surface area contributed by atoms with E-state index in [0.29, 0.717) is 17.3 Å². The molecule has 0 aliphatic heterocycles. The van der Waals surface area contributed by atoms with Crippen molar-refractivity contribution in [2.24, 2.45) is 0 Å². The fourth-order valence-corrected chi connectivity index (χ4v) is 2.60. The van der Waals surface area contributed by atoms with Crippen LogP contribution in [0.1, 0.15) is 34.1 Å². The standard InChI is InChI=1S/C21H22N4O/c1-13-8-9-19(10-14(13)2)23-20-11-15(3)22-21(25-20)24-18-7-5-6-17(12-18)16(4)26/h5-12H,1-4H3,(H2,22,23,24,25). The maximum absolute atomic E-state index is 11.5. The summed E-state index contributed by atoms with van der Waals surface area (Å²) in [7, 11) is 0. The van der Waals surface area contributed by atoms with Gasteiger partial charge < -0.3 is 10.6 Å². The molecule has 3 aromatic rings. The molecule has 0 radical (unpaired) electrons. The molecule has 1 aromatic heterocycles. The summed E-state index contributed by atoms with van der Waals surface area (Å²) in [4.78, 5) is 20.5. The second kappa shape index (κ2) is 7.35. The SMILES string of the molecule is CC(=O)c1cccc(Nc2nc(C)cc(Nc3ccc(C)c(C)c3)n2)c1. The normalized spacial score (nSPS) is 10.5. The molecule has 0 aliphatic rings. The molecule has 0 amide bonds. The summed E-state index contributed by atoms with van der Waals surface area (Å²) in [6.07, 6.45) is 0. The summed E-state index contributed by atoms with van der Waals surface area (Å²) in [5.41, 5.74) is 5.73. The van der Waals surface area contributed by atoms with Crippen molar-refractivity contribution in [3.63, 3.8) is 0 Å². The van der Waals surface area contributed by atoms with Crippen LogP contribution in [0.5, 0.6) is 0 Å². The second-order valence-corrected chi connectivity index (χ2v) is 6.40. The average molecular weight is 346 g/mol. The molecule has 132 valence electrons. The van der Waals surface area contributed by atoms with Crippen molar-refractivity contribution >= 4 is 28.9 Å². The van der Waals surface area contributed by atoms with Gasteiger partial charge in [-0.3, -0.25) is 4.79 Å². The van der Waals surface area contributed by atoms with Gasteiger partial charge in [-0.2, -0.15) is 4.98 Å². The highest BCUT2D eigenvalue weighted by atomic mass is 16.1. The lowest BCUT2D eigenvalue weighted by atomic mass is 10.1. The molecule has 2 N–H and O–H groups in total. The lowest BCUT2D eigenvalue weighted by molar-refractivity contribution is 0.101. The Balaban J connectivity index is 1.84. The van der Waals surface area contributed by atoms with Crippen molar-refractivity contribution in [2.45, 2.75) is 27.7 Å². The first kappa shape index (κ1) is 17.6. The number of hydrogen-bond acceptors (Lipinski definition) is 5. The van der Waals surface area contributed by atoms with E-state index in [1.54, 1.807) is 19.1 Å². The molecule has 0 saturated heterocycles. The van der Waals surface area contributed by atoms with Gasteiger partial charge in [0.2, 0.25) is 5.95 Å². The van der Waals surface area contributed by atoms with Crippen molar-refractivity contribution < 1.29 is 4.79 Å². The fourth-order valence-electron chi connectivity index (χ4n) is 2.60. The van der Waals surface area contributed by atoms with Gasteiger partial charge >= 0.3 is 0 Å². The first-order valence-electron chi connectivity index (χ1n) is 8.49. The first-order chi connectivity index (χ1) is 12.4. The van der Waals surface area contributed by atoms with Crippen LogP contribution < -0.4 is 10.6 Å². The quantitative estimate of drug-likeness (QED) is 0.630. The number of aryl methyl sites for hydroxylation is 3. The largest absolute Gasteiger partial charge is 0.340 e. The number of carbonyl (C=O) groups is 1. The van der Waals surface area contributed by atoms with Gasteiger partial charge in [0.05, 0.1) is 0 Å². The summed E-state index contributed by atoms with van der Waals surface area (Å²) >= 11 is 0. The number of nitrogens with zero attached hydrogens (tertiary/aromatic N) is 2. The Labute approximate surface area is 153 Å². The van der Waals surface area contributed by atoms with E-state index in [1.807, 2.05) is 31.2 Å². The Hall–Kier alpha value is -3.21. The van der Waals surface area contributed by atoms with E-state index in [-0.39, 0.29) is 5.78 Å². The maximum atomic E-state index is 11.5. The van der Waals surface area contributed by atoms with Crippen molar-refractivity contribution in [3.8, 4) is 0 Å². The minimum Gasteiger partial charge on any atom is -0.340 e. The van der Waals surface area contributed by atoms with Gasteiger partial charge in [-0.15, -0.1) is 0 Å². The highest BCUT2D eigenvalue weighted by molar-refractivity contribution is 5.95. The number of nitrogens with one attached hydrogen (secondary N) is 2. The van der Waals surface area contributed by atoms with Crippen LogP contribution >= 0.6 is 0 Å². The predicted molar refractivity (Wildman–Crippen MR) is 106 cm³/mol. The number of carbonyl (C=O) groups excluding carboxylic acids is 1. The summed E-state index contributed by atoms with van der Waals surface area (Å²) in [6.45, 7) is 7.64.